The lowest BCUT2D eigenvalue weighted by Crippen LogP contribution is -2.41. The van der Waals surface area contributed by atoms with E-state index in [9.17, 15) is 18.0 Å². The number of nitrogens with zero attached hydrogens (tertiary/aromatic N) is 1. The second-order valence-electron chi connectivity index (χ2n) is 6.89. The number of hydrogen-bond acceptors (Lipinski definition) is 2. The standard InChI is InChI=1S/C18H23F3N2O/c1-12-8-11-23(17(24)14-6-9-22-10-7-14)16(12)13-2-4-15(5-3-13)18(19,20)21/h2-5,12,14,16,22H,6-11H2,1H3/t12-,16-/m0/s1. The minimum atomic E-state index is -4.33. The molecule has 3 nitrogen and oxygen atoms in total. The molecule has 132 valence electrons. The van der Waals surface area contributed by atoms with Gasteiger partial charge in [0.15, 0.2) is 0 Å². The van der Waals surface area contributed by atoms with Gasteiger partial charge in [-0.05, 0) is 56.0 Å². The molecule has 2 aliphatic rings. The summed E-state index contributed by atoms with van der Waals surface area (Å²) >= 11 is 0. The molecule has 0 aromatic heterocycles. The van der Waals surface area contributed by atoms with E-state index in [-0.39, 0.29) is 23.8 Å². The molecule has 1 amide bonds. The molecule has 0 aliphatic carbocycles. The molecule has 24 heavy (non-hydrogen) atoms. The molecule has 1 aromatic carbocycles. The van der Waals surface area contributed by atoms with Crippen LogP contribution in [-0.4, -0.2) is 30.4 Å². The summed E-state index contributed by atoms with van der Waals surface area (Å²) in [5.74, 6) is 0.451. The van der Waals surface area contributed by atoms with Gasteiger partial charge in [0.1, 0.15) is 0 Å². The fraction of sp³-hybridized carbons (Fsp3) is 0.611. The fourth-order valence-electron chi connectivity index (χ4n) is 3.88. The third kappa shape index (κ3) is 3.43. The molecule has 2 saturated heterocycles. The van der Waals surface area contributed by atoms with Crippen LogP contribution in [0.2, 0.25) is 0 Å². The van der Waals surface area contributed by atoms with Gasteiger partial charge in [-0.2, -0.15) is 13.2 Å². The average Bonchev–Trinajstić information content (AvgIpc) is 2.96. The van der Waals surface area contributed by atoms with E-state index in [0.29, 0.717) is 6.54 Å². The Balaban J connectivity index is 1.80. The van der Waals surface area contributed by atoms with Crippen LogP contribution in [0.3, 0.4) is 0 Å². The van der Waals surface area contributed by atoms with E-state index in [1.165, 1.54) is 12.1 Å². The van der Waals surface area contributed by atoms with Crippen LogP contribution in [-0.2, 0) is 11.0 Å². The van der Waals surface area contributed by atoms with Crippen LogP contribution < -0.4 is 5.32 Å². The highest BCUT2D eigenvalue weighted by Crippen LogP contribution is 2.39. The molecule has 0 spiro atoms. The van der Waals surface area contributed by atoms with Crippen LogP contribution >= 0.6 is 0 Å². The number of carbonyl (C=O) groups is 1. The molecule has 1 N–H and O–H groups in total. The first-order valence-corrected chi connectivity index (χ1v) is 8.56. The fourth-order valence-corrected chi connectivity index (χ4v) is 3.88. The van der Waals surface area contributed by atoms with E-state index in [1.807, 2.05) is 4.90 Å². The van der Waals surface area contributed by atoms with E-state index in [4.69, 9.17) is 0 Å². The second-order valence-corrected chi connectivity index (χ2v) is 6.89. The van der Waals surface area contributed by atoms with Gasteiger partial charge in [-0.1, -0.05) is 19.1 Å². The topological polar surface area (TPSA) is 32.3 Å². The Morgan fingerprint density at radius 2 is 1.75 bits per heavy atom. The predicted octanol–water partition coefficient (Wildman–Crippen LogP) is 3.61. The Kier molecular flexibility index (Phi) is 4.85. The molecular weight excluding hydrogens is 317 g/mol. The van der Waals surface area contributed by atoms with Crippen LogP contribution in [0.1, 0.15) is 43.4 Å². The van der Waals surface area contributed by atoms with Gasteiger partial charge in [-0.25, -0.2) is 0 Å². The van der Waals surface area contributed by atoms with Crippen molar-refractivity contribution in [1.29, 1.82) is 0 Å². The number of amides is 1. The maximum absolute atomic E-state index is 12.9. The van der Waals surface area contributed by atoms with Crippen molar-refractivity contribution in [1.82, 2.24) is 10.2 Å². The van der Waals surface area contributed by atoms with Crippen LogP contribution in [0.4, 0.5) is 13.2 Å². The van der Waals surface area contributed by atoms with Crippen molar-refractivity contribution in [3.63, 3.8) is 0 Å². The van der Waals surface area contributed by atoms with Gasteiger partial charge in [-0.15, -0.1) is 0 Å². The molecule has 6 heteroatoms. The summed E-state index contributed by atoms with van der Waals surface area (Å²) < 4.78 is 38.3. The lowest BCUT2D eigenvalue weighted by molar-refractivity contribution is -0.138. The lowest BCUT2D eigenvalue weighted by Gasteiger charge is -2.32. The van der Waals surface area contributed by atoms with Gasteiger partial charge in [0.05, 0.1) is 11.6 Å². The summed E-state index contributed by atoms with van der Waals surface area (Å²) in [6.07, 6.45) is -1.76. The summed E-state index contributed by atoms with van der Waals surface area (Å²) in [6, 6.07) is 5.17. The van der Waals surface area contributed by atoms with Crippen LogP contribution in [0.25, 0.3) is 0 Å². The van der Waals surface area contributed by atoms with Gasteiger partial charge >= 0.3 is 6.18 Å². The minimum absolute atomic E-state index is 0.0356. The van der Waals surface area contributed by atoms with Crippen LogP contribution in [0, 0.1) is 11.8 Å². The van der Waals surface area contributed by atoms with Crippen molar-refractivity contribution in [2.24, 2.45) is 11.8 Å². The maximum atomic E-state index is 12.9. The Morgan fingerprint density at radius 1 is 1.12 bits per heavy atom. The first kappa shape index (κ1) is 17.3. The Morgan fingerprint density at radius 3 is 2.33 bits per heavy atom. The third-order valence-electron chi connectivity index (χ3n) is 5.25. The average molecular weight is 340 g/mol. The summed E-state index contributed by atoms with van der Waals surface area (Å²) in [7, 11) is 0. The van der Waals surface area contributed by atoms with Crippen molar-refractivity contribution in [3.05, 3.63) is 35.4 Å². The summed E-state index contributed by atoms with van der Waals surface area (Å²) in [5.41, 5.74) is 0.156. The van der Waals surface area contributed by atoms with E-state index >= 15 is 0 Å². The largest absolute Gasteiger partial charge is 0.416 e. The van der Waals surface area contributed by atoms with Crippen LogP contribution in [0.5, 0.6) is 0 Å². The monoisotopic (exact) mass is 340 g/mol. The molecule has 0 radical (unpaired) electrons. The molecule has 1 aromatic rings. The molecule has 3 rings (SSSR count). The Labute approximate surface area is 140 Å². The van der Waals surface area contributed by atoms with E-state index in [0.717, 1.165) is 50.0 Å². The molecule has 2 aliphatic heterocycles. The van der Waals surface area contributed by atoms with Crippen molar-refractivity contribution < 1.29 is 18.0 Å². The number of nitrogens with one attached hydrogen (secondary N) is 1. The number of piperidine rings is 1. The quantitative estimate of drug-likeness (QED) is 0.892. The molecule has 0 saturated carbocycles. The Hall–Kier alpha value is -1.56. The zero-order valence-corrected chi connectivity index (χ0v) is 13.8. The first-order chi connectivity index (χ1) is 11.4. The zero-order valence-electron chi connectivity index (χ0n) is 13.8. The maximum Gasteiger partial charge on any atom is 0.416 e. The minimum Gasteiger partial charge on any atom is -0.335 e. The number of hydrogen-bond donors (Lipinski definition) is 1. The highest BCUT2D eigenvalue weighted by molar-refractivity contribution is 5.80. The van der Waals surface area contributed by atoms with Gasteiger partial charge in [0.2, 0.25) is 5.91 Å². The number of likely N-dealkylation sites (tertiary alicyclic amines) is 1. The SMILES string of the molecule is C[C@H]1CCN(C(=O)C2CCNCC2)[C@@H]1c1ccc(C(F)(F)F)cc1. The molecule has 2 heterocycles. The molecular formula is C18H23F3N2O. The summed E-state index contributed by atoms with van der Waals surface area (Å²) in [5, 5.41) is 3.25. The number of benzene rings is 1. The van der Waals surface area contributed by atoms with Gasteiger partial charge in [-0.3, -0.25) is 4.79 Å². The first-order valence-electron chi connectivity index (χ1n) is 8.56. The van der Waals surface area contributed by atoms with Crippen molar-refractivity contribution in [2.45, 2.75) is 38.4 Å². The van der Waals surface area contributed by atoms with Gasteiger partial charge in [0, 0.05) is 12.5 Å². The van der Waals surface area contributed by atoms with E-state index in [2.05, 4.69) is 12.2 Å². The normalized spacial score (nSPS) is 25.9. The Bertz CT molecular complexity index is 579. The second kappa shape index (κ2) is 6.75. The molecule has 2 atom stereocenters. The molecule has 0 unspecified atom stereocenters. The predicted molar refractivity (Wildman–Crippen MR) is 85.3 cm³/mol. The highest BCUT2D eigenvalue weighted by atomic mass is 19.4. The van der Waals surface area contributed by atoms with Crippen LogP contribution in [0.15, 0.2) is 24.3 Å². The number of halogens is 3. The number of rotatable bonds is 2. The van der Waals surface area contributed by atoms with E-state index < -0.39 is 11.7 Å². The molecule has 0 bridgehead atoms. The van der Waals surface area contributed by atoms with Gasteiger partial charge in [0.25, 0.3) is 0 Å². The van der Waals surface area contributed by atoms with Crippen molar-refractivity contribution >= 4 is 5.91 Å². The smallest absolute Gasteiger partial charge is 0.335 e. The number of carbonyl (C=O) groups excluding carboxylic acids is 1. The number of alkyl halides is 3. The summed E-state index contributed by atoms with van der Waals surface area (Å²) in [4.78, 5) is 14.8. The summed E-state index contributed by atoms with van der Waals surface area (Å²) in [6.45, 7) is 4.46. The highest BCUT2D eigenvalue weighted by Gasteiger charge is 2.39. The molecule has 2 fully saturated rings. The van der Waals surface area contributed by atoms with Gasteiger partial charge < -0.3 is 10.2 Å². The third-order valence-corrected chi connectivity index (χ3v) is 5.25. The van der Waals surface area contributed by atoms with Crippen molar-refractivity contribution in [2.75, 3.05) is 19.6 Å². The lowest BCUT2D eigenvalue weighted by atomic mass is 9.92. The zero-order chi connectivity index (χ0) is 17.3. The van der Waals surface area contributed by atoms with E-state index in [1.54, 1.807) is 0 Å². The van der Waals surface area contributed by atoms with Crippen molar-refractivity contribution in [3.8, 4) is 0 Å².